The maximum Gasteiger partial charge on any atom is 0.230 e. The van der Waals surface area contributed by atoms with Crippen molar-refractivity contribution in [3.8, 4) is 11.5 Å². The van der Waals surface area contributed by atoms with Crippen molar-refractivity contribution in [3.63, 3.8) is 0 Å². The molecule has 1 N–H and O–H groups in total. The third-order valence-electron chi connectivity index (χ3n) is 8.88. The van der Waals surface area contributed by atoms with Crippen molar-refractivity contribution in [3.05, 3.63) is 23.5 Å². The van der Waals surface area contributed by atoms with Gasteiger partial charge in [0.1, 0.15) is 17.9 Å². The fourth-order valence-corrected chi connectivity index (χ4v) is 6.86. The normalized spacial score (nSPS) is 18.4. The molecule has 0 bridgehead atoms. The Morgan fingerprint density at radius 3 is 2.76 bits per heavy atom. The lowest BCUT2D eigenvalue weighted by Crippen LogP contribution is -2.39. The minimum atomic E-state index is -1.16. The third kappa shape index (κ3) is 6.75. The van der Waals surface area contributed by atoms with Gasteiger partial charge in [-0.2, -0.15) is 5.10 Å². The molecule has 0 unspecified atom stereocenters. The molecule has 0 spiro atoms. The smallest absolute Gasteiger partial charge is 0.230 e. The van der Waals surface area contributed by atoms with E-state index in [9.17, 15) is 4.79 Å². The predicted octanol–water partition coefficient (Wildman–Crippen LogP) is 6.06. The molecular formula is C31H48N6O3Si. The molecule has 4 heterocycles. The number of rotatable bonds is 10. The van der Waals surface area contributed by atoms with Crippen LogP contribution in [0.4, 0.5) is 5.69 Å². The van der Waals surface area contributed by atoms with Gasteiger partial charge in [0.05, 0.1) is 11.9 Å². The summed E-state index contributed by atoms with van der Waals surface area (Å²) in [5.41, 5.74) is 5.86. The highest BCUT2D eigenvalue weighted by atomic mass is 28.3. The molecule has 1 saturated heterocycles. The summed E-state index contributed by atoms with van der Waals surface area (Å²) >= 11 is 0. The Morgan fingerprint density at radius 2 is 2.05 bits per heavy atom. The number of aromatic amines is 1. The predicted molar refractivity (Wildman–Crippen MR) is 166 cm³/mol. The molecule has 1 atom stereocenters. The molecule has 224 valence electrons. The molecule has 1 aliphatic heterocycles. The van der Waals surface area contributed by atoms with Gasteiger partial charge in [-0.1, -0.05) is 40.4 Å². The number of carbonyl (C=O) groups is 1. The number of imidazole rings is 1. The van der Waals surface area contributed by atoms with E-state index in [4.69, 9.17) is 19.6 Å². The summed E-state index contributed by atoms with van der Waals surface area (Å²) in [7, 11) is -1.16. The van der Waals surface area contributed by atoms with Crippen LogP contribution in [0.2, 0.25) is 25.7 Å². The summed E-state index contributed by atoms with van der Waals surface area (Å²) in [6.45, 7) is 19.1. The van der Waals surface area contributed by atoms with Crippen LogP contribution in [0.15, 0.2) is 12.3 Å². The van der Waals surface area contributed by atoms with E-state index in [1.165, 1.54) is 11.3 Å². The first kappa shape index (κ1) is 29.9. The lowest BCUT2D eigenvalue weighted by molar-refractivity contribution is -0.124. The fourth-order valence-electron chi connectivity index (χ4n) is 6.10. The Morgan fingerprint density at radius 1 is 1.29 bits per heavy atom. The Kier molecular flexibility index (Phi) is 8.73. The van der Waals surface area contributed by atoms with E-state index in [-0.39, 0.29) is 17.2 Å². The quantitative estimate of drug-likeness (QED) is 0.231. The summed E-state index contributed by atoms with van der Waals surface area (Å²) in [6.07, 6.45) is 6.69. The Bertz CT molecular complexity index is 1370. The van der Waals surface area contributed by atoms with Crippen molar-refractivity contribution in [1.82, 2.24) is 24.7 Å². The second kappa shape index (κ2) is 12.0. The average Bonchev–Trinajstić information content (AvgIpc) is 3.51. The molecule has 9 nitrogen and oxygen atoms in total. The SMILES string of the molecule is CCN(C(=O)[C@H](C)C1CCOCC1)c1cnc2[nH]c(-c3nn(COCC[Si](C)(C)C)c4c3CCC(C)(C)C4)nc2c1. The van der Waals surface area contributed by atoms with Crippen LogP contribution in [0.3, 0.4) is 0 Å². The molecule has 1 aliphatic carbocycles. The van der Waals surface area contributed by atoms with E-state index in [1.807, 2.05) is 17.9 Å². The second-order valence-corrected chi connectivity index (χ2v) is 19.6. The van der Waals surface area contributed by atoms with Gasteiger partial charge in [0.25, 0.3) is 0 Å². The second-order valence-electron chi connectivity index (χ2n) is 13.9. The molecular weight excluding hydrogens is 532 g/mol. The van der Waals surface area contributed by atoms with Crippen LogP contribution in [0.5, 0.6) is 0 Å². The highest BCUT2D eigenvalue weighted by Gasteiger charge is 2.33. The summed E-state index contributed by atoms with van der Waals surface area (Å²) in [4.78, 5) is 28.4. The Balaban J connectivity index is 1.40. The first-order valence-corrected chi connectivity index (χ1v) is 19.1. The zero-order chi connectivity index (χ0) is 29.4. The zero-order valence-corrected chi connectivity index (χ0v) is 27.0. The lowest BCUT2D eigenvalue weighted by atomic mass is 9.76. The van der Waals surface area contributed by atoms with Gasteiger partial charge >= 0.3 is 0 Å². The summed E-state index contributed by atoms with van der Waals surface area (Å²) in [5, 5.41) is 5.04. The van der Waals surface area contributed by atoms with Crippen molar-refractivity contribution in [2.45, 2.75) is 92.2 Å². The van der Waals surface area contributed by atoms with Crippen LogP contribution in [0.1, 0.15) is 58.2 Å². The van der Waals surface area contributed by atoms with Gasteiger partial charge < -0.3 is 19.4 Å². The minimum absolute atomic E-state index is 0.0583. The topological polar surface area (TPSA) is 98.2 Å². The maximum atomic E-state index is 13.5. The molecule has 2 aliphatic rings. The van der Waals surface area contributed by atoms with Gasteiger partial charge in [0.2, 0.25) is 5.91 Å². The van der Waals surface area contributed by atoms with Crippen molar-refractivity contribution in [2.75, 3.05) is 31.3 Å². The van der Waals surface area contributed by atoms with E-state index in [0.717, 1.165) is 80.7 Å². The van der Waals surface area contributed by atoms with Crippen molar-refractivity contribution in [2.24, 2.45) is 17.3 Å². The van der Waals surface area contributed by atoms with Crippen LogP contribution in [-0.4, -0.2) is 65.1 Å². The number of hydrogen-bond donors (Lipinski definition) is 1. The Hall–Kier alpha value is -2.56. The lowest BCUT2D eigenvalue weighted by Gasteiger charge is -2.31. The average molecular weight is 581 g/mol. The summed E-state index contributed by atoms with van der Waals surface area (Å²) < 4.78 is 13.7. The molecule has 3 aromatic rings. The Labute approximate surface area is 245 Å². The van der Waals surface area contributed by atoms with Crippen LogP contribution >= 0.6 is 0 Å². The first-order valence-electron chi connectivity index (χ1n) is 15.4. The van der Waals surface area contributed by atoms with Crippen molar-refractivity contribution >= 4 is 30.8 Å². The van der Waals surface area contributed by atoms with Crippen molar-refractivity contribution < 1.29 is 14.3 Å². The molecule has 1 amide bonds. The van der Waals surface area contributed by atoms with Gasteiger partial charge in [-0.15, -0.1) is 0 Å². The largest absolute Gasteiger partial charge is 0.381 e. The molecule has 1 fully saturated rings. The van der Waals surface area contributed by atoms with Gasteiger partial charge in [-0.25, -0.2) is 14.6 Å². The third-order valence-corrected chi connectivity index (χ3v) is 10.6. The fraction of sp³-hybridized carbons (Fsp3) is 0.677. The standard InChI is InChI=1S/C31H48N6O3Si/c1-8-36(30(38)21(2)22-10-13-39-14-11-22)23-17-25-28(32-19-23)34-29(33-25)27-24-9-12-31(3,4)18-26(24)37(35-27)20-40-15-16-41(5,6)7/h17,19,21-22H,8-16,18,20H2,1-7H3,(H,32,33,34)/t21-/m1/s1. The number of nitrogens with zero attached hydrogens (tertiary/aromatic N) is 5. The van der Waals surface area contributed by atoms with Crippen LogP contribution < -0.4 is 4.90 Å². The highest BCUT2D eigenvalue weighted by molar-refractivity contribution is 6.76. The first-order chi connectivity index (χ1) is 19.5. The van der Waals surface area contributed by atoms with Crippen LogP contribution in [-0.2, 0) is 33.8 Å². The van der Waals surface area contributed by atoms with Crippen molar-refractivity contribution in [1.29, 1.82) is 0 Å². The molecule has 5 rings (SSSR count). The molecule has 0 saturated carbocycles. The zero-order valence-electron chi connectivity index (χ0n) is 26.0. The monoisotopic (exact) mass is 580 g/mol. The van der Waals surface area contributed by atoms with Gasteiger partial charge in [-0.05, 0) is 62.5 Å². The summed E-state index contributed by atoms with van der Waals surface area (Å²) in [5.74, 6) is 1.16. The number of anilines is 1. The number of amides is 1. The number of H-pyrrole nitrogens is 1. The molecule has 10 heteroatoms. The van der Waals surface area contributed by atoms with E-state index in [1.54, 1.807) is 6.20 Å². The number of carbonyl (C=O) groups excluding carboxylic acids is 1. The number of ether oxygens (including phenoxy) is 2. The molecule has 0 radical (unpaired) electrons. The van der Waals surface area contributed by atoms with E-state index in [2.05, 4.69) is 55.1 Å². The van der Waals surface area contributed by atoms with Gasteiger partial charge in [0, 0.05) is 51.6 Å². The molecule has 41 heavy (non-hydrogen) atoms. The minimum Gasteiger partial charge on any atom is -0.381 e. The molecule has 3 aromatic heterocycles. The van der Waals surface area contributed by atoms with E-state index < -0.39 is 8.07 Å². The number of fused-ring (bicyclic) bond motifs is 2. The number of pyridine rings is 1. The van der Waals surface area contributed by atoms with E-state index in [0.29, 0.717) is 24.8 Å². The van der Waals surface area contributed by atoms with Crippen LogP contribution in [0, 0.1) is 17.3 Å². The van der Waals surface area contributed by atoms with Gasteiger partial charge in [0.15, 0.2) is 11.5 Å². The number of nitrogens with one attached hydrogen (secondary N) is 1. The summed E-state index contributed by atoms with van der Waals surface area (Å²) in [6, 6.07) is 3.12. The van der Waals surface area contributed by atoms with Crippen LogP contribution in [0.25, 0.3) is 22.7 Å². The number of aromatic nitrogens is 5. The van der Waals surface area contributed by atoms with Gasteiger partial charge in [-0.3, -0.25) is 4.79 Å². The number of hydrogen-bond acceptors (Lipinski definition) is 6. The highest BCUT2D eigenvalue weighted by Crippen LogP contribution is 2.39. The van der Waals surface area contributed by atoms with E-state index >= 15 is 0 Å². The maximum absolute atomic E-state index is 13.5. The molecule has 0 aromatic carbocycles.